The maximum Gasteiger partial charge on any atom is 0.167 e. The molecule has 3 heteroatoms. The zero-order valence-corrected chi connectivity index (χ0v) is 10.7. The molecule has 2 nitrogen and oxygen atoms in total. The van der Waals surface area contributed by atoms with Gasteiger partial charge in [-0.2, -0.15) is 0 Å². The van der Waals surface area contributed by atoms with Crippen LogP contribution in [0.1, 0.15) is 22.2 Å². The highest BCUT2D eigenvalue weighted by molar-refractivity contribution is 6.23. The molecular weight excluding hydrogens is 246 g/mol. The van der Waals surface area contributed by atoms with Crippen molar-refractivity contribution in [3.8, 4) is 0 Å². The fourth-order valence-corrected chi connectivity index (χ4v) is 2.33. The Bertz CT molecular complexity index is 675. The lowest BCUT2D eigenvalue weighted by molar-refractivity contribution is 0.447. The van der Waals surface area contributed by atoms with Crippen molar-refractivity contribution in [3.63, 3.8) is 0 Å². The normalized spacial score (nSPS) is 12.8. The zero-order chi connectivity index (χ0) is 12.5. The largest absolute Gasteiger partial charge is 0.356 e. The van der Waals surface area contributed by atoms with Gasteiger partial charge in [0.1, 0.15) is 11.1 Å². The highest BCUT2D eigenvalue weighted by Gasteiger charge is 2.18. The number of hydrogen-bond acceptors (Lipinski definition) is 2. The van der Waals surface area contributed by atoms with Gasteiger partial charge in [-0.3, -0.25) is 0 Å². The molecule has 0 radical (unpaired) electrons. The predicted molar refractivity (Wildman–Crippen MR) is 72.9 cm³/mol. The molecule has 0 saturated carbocycles. The van der Waals surface area contributed by atoms with Gasteiger partial charge in [0.15, 0.2) is 5.58 Å². The lowest BCUT2D eigenvalue weighted by Gasteiger charge is -2.06. The second kappa shape index (κ2) is 4.46. The van der Waals surface area contributed by atoms with E-state index in [1.54, 1.807) is 0 Å². The van der Waals surface area contributed by atoms with Crippen molar-refractivity contribution in [3.05, 3.63) is 65.4 Å². The standard InChI is InChI=1S/C15H12ClNO/c1-10-7-8-12-13(9-10)18-17-15(12)14(16)11-5-3-2-4-6-11/h2-9,14H,1H3/t14-/m1/s1. The molecule has 2 aromatic carbocycles. The van der Waals surface area contributed by atoms with Crippen molar-refractivity contribution >= 4 is 22.6 Å². The maximum absolute atomic E-state index is 6.47. The van der Waals surface area contributed by atoms with Gasteiger partial charge in [0.25, 0.3) is 0 Å². The van der Waals surface area contributed by atoms with Crippen LogP contribution in [0.4, 0.5) is 0 Å². The summed E-state index contributed by atoms with van der Waals surface area (Å²) in [5.41, 5.74) is 3.73. The number of hydrogen-bond donors (Lipinski definition) is 0. The molecule has 0 spiro atoms. The third kappa shape index (κ3) is 1.89. The summed E-state index contributed by atoms with van der Waals surface area (Å²) < 4.78 is 5.34. The number of nitrogens with zero attached hydrogens (tertiary/aromatic N) is 1. The number of fused-ring (bicyclic) bond motifs is 1. The fraction of sp³-hybridized carbons (Fsp3) is 0.133. The van der Waals surface area contributed by atoms with E-state index in [1.807, 2.05) is 55.5 Å². The minimum Gasteiger partial charge on any atom is -0.356 e. The molecule has 3 aromatic rings. The quantitative estimate of drug-likeness (QED) is 0.634. The highest BCUT2D eigenvalue weighted by atomic mass is 35.5. The number of aromatic nitrogens is 1. The molecule has 0 bridgehead atoms. The van der Waals surface area contributed by atoms with Gasteiger partial charge in [0.05, 0.1) is 0 Å². The van der Waals surface area contributed by atoms with Crippen LogP contribution in [0.25, 0.3) is 11.0 Å². The van der Waals surface area contributed by atoms with Crippen molar-refractivity contribution in [2.75, 3.05) is 0 Å². The topological polar surface area (TPSA) is 26.0 Å². The Kier molecular flexibility index (Phi) is 2.80. The van der Waals surface area contributed by atoms with Gasteiger partial charge >= 0.3 is 0 Å². The van der Waals surface area contributed by atoms with Gasteiger partial charge in [-0.15, -0.1) is 11.6 Å². The molecule has 0 amide bonds. The molecule has 90 valence electrons. The summed E-state index contributed by atoms with van der Waals surface area (Å²) in [7, 11) is 0. The summed E-state index contributed by atoms with van der Waals surface area (Å²) in [6.45, 7) is 2.02. The number of aryl methyl sites for hydroxylation is 1. The number of halogens is 1. The van der Waals surface area contributed by atoms with Crippen molar-refractivity contribution in [1.82, 2.24) is 5.16 Å². The lowest BCUT2D eigenvalue weighted by Crippen LogP contribution is -1.93. The summed E-state index contributed by atoms with van der Waals surface area (Å²) in [5, 5.41) is 4.80. The Morgan fingerprint density at radius 3 is 2.67 bits per heavy atom. The Morgan fingerprint density at radius 1 is 1.11 bits per heavy atom. The molecule has 0 aliphatic heterocycles. The van der Waals surface area contributed by atoms with Crippen LogP contribution in [0.2, 0.25) is 0 Å². The molecule has 1 aromatic heterocycles. The SMILES string of the molecule is Cc1ccc2c([C@H](Cl)c3ccccc3)noc2c1. The van der Waals surface area contributed by atoms with Gasteiger partial charge in [-0.1, -0.05) is 41.6 Å². The van der Waals surface area contributed by atoms with E-state index in [0.717, 1.165) is 27.8 Å². The number of benzene rings is 2. The summed E-state index contributed by atoms with van der Waals surface area (Å²) in [6, 6.07) is 15.9. The van der Waals surface area contributed by atoms with E-state index >= 15 is 0 Å². The Balaban J connectivity index is 2.10. The van der Waals surface area contributed by atoms with Gasteiger partial charge in [0.2, 0.25) is 0 Å². The highest BCUT2D eigenvalue weighted by Crippen LogP contribution is 2.33. The smallest absolute Gasteiger partial charge is 0.167 e. The molecule has 0 fully saturated rings. The molecule has 1 atom stereocenters. The molecule has 0 saturated heterocycles. The van der Waals surface area contributed by atoms with Gasteiger partial charge in [0, 0.05) is 5.39 Å². The minimum atomic E-state index is -0.282. The summed E-state index contributed by atoms with van der Waals surface area (Å²) in [5.74, 6) is 0. The van der Waals surface area contributed by atoms with Crippen LogP contribution < -0.4 is 0 Å². The van der Waals surface area contributed by atoms with Crippen LogP contribution in [0, 0.1) is 6.92 Å². The number of alkyl halides is 1. The monoisotopic (exact) mass is 257 g/mol. The van der Waals surface area contributed by atoms with Gasteiger partial charge in [-0.25, -0.2) is 0 Å². The third-order valence-corrected chi connectivity index (χ3v) is 3.45. The summed E-state index contributed by atoms with van der Waals surface area (Å²) >= 11 is 6.47. The maximum atomic E-state index is 6.47. The van der Waals surface area contributed by atoms with E-state index in [2.05, 4.69) is 5.16 Å². The predicted octanol–water partition coefficient (Wildman–Crippen LogP) is 4.46. The summed E-state index contributed by atoms with van der Waals surface area (Å²) in [6.07, 6.45) is 0. The van der Waals surface area contributed by atoms with E-state index in [-0.39, 0.29) is 5.38 Å². The van der Waals surface area contributed by atoms with Crippen LogP contribution in [-0.2, 0) is 0 Å². The molecular formula is C15H12ClNO. The zero-order valence-electron chi connectivity index (χ0n) is 9.93. The first kappa shape index (κ1) is 11.3. The second-order valence-electron chi connectivity index (χ2n) is 4.34. The lowest BCUT2D eigenvalue weighted by atomic mass is 10.1. The van der Waals surface area contributed by atoms with Crippen molar-refractivity contribution in [2.24, 2.45) is 0 Å². The van der Waals surface area contributed by atoms with Crippen LogP contribution >= 0.6 is 11.6 Å². The van der Waals surface area contributed by atoms with Crippen molar-refractivity contribution < 1.29 is 4.52 Å². The van der Waals surface area contributed by atoms with Crippen molar-refractivity contribution in [2.45, 2.75) is 12.3 Å². The Hall–Kier alpha value is -1.80. The molecule has 18 heavy (non-hydrogen) atoms. The van der Waals surface area contributed by atoms with Crippen LogP contribution in [0.5, 0.6) is 0 Å². The molecule has 1 heterocycles. The first-order valence-electron chi connectivity index (χ1n) is 5.80. The fourth-order valence-electron chi connectivity index (χ4n) is 2.03. The minimum absolute atomic E-state index is 0.282. The van der Waals surface area contributed by atoms with E-state index in [1.165, 1.54) is 0 Å². The molecule has 0 N–H and O–H groups in total. The second-order valence-corrected chi connectivity index (χ2v) is 4.78. The first-order valence-corrected chi connectivity index (χ1v) is 6.24. The number of rotatable bonds is 2. The van der Waals surface area contributed by atoms with Crippen LogP contribution in [-0.4, -0.2) is 5.16 Å². The third-order valence-electron chi connectivity index (χ3n) is 2.99. The van der Waals surface area contributed by atoms with Crippen LogP contribution in [0.3, 0.4) is 0 Å². The average molecular weight is 258 g/mol. The van der Waals surface area contributed by atoms with E-state index in [4.69, 9.17) is 16.1 Å². The van der Waals surface area contributed by atoms with E-state index in [0.29, 0.717) is 0 Å². The van der Waals surface area contributed by atoms with Gasteiger partial charge in [-0.05, 0) is 30.2 Å². The van der Waals surface area contributed by atoms with Crippen LogP contribution in [0.15, 0.2) is 53.1 Å². The molecule has 0 unspecified atom stereocenters. The van der Waals surface area contributed by atoms with Crippen molar-refractivity contribution in [1.29, 1.82) is 0 Å². The molecule has 0 aliphatic rings. The molecule has 3 rings (SSSR count). The Morgan fingerprint density at radius 2 is 1.89 bits per heavy atom. The average Bonchev–Trinajstić information content (AvgIpc) is 2.81. The van der Waals surface area contributed by atoms with E-state index in [9.17, 15) is 0 Å². The summed E-state index contributed by atoms with van der Waals surface area (Å²) in [4.78, 5) is 0. The molecule has 0 aliphatic carbocycles. The van der Waals surface area contributed by atoms with E-state index < -0.39 is 0 Å². The first-order chi connectivity index (χ1) is 8.75. The van der Waals surface area contributed by atoms with Gasteiger partial charge < -0.3 is 4.52 Å². The Labute approximate surface area is 110 Å².